The maximum Gasteiger partial charge on any atom is 0.322 e. The van der Waals surface area contributed by atoms with Crippen LogP contribution in [0.4, 0.5) is 11.4 Å². The van der Waals surface area contributed by atoms with Crippen LogP contribution in [0.15, 0.2) is 42.6 Å². The Balaban J connectivity index is 1.95. The molecule has 152 valence electrons. The zero-order valence-electron chi connectivity index (χ0n) is 15.9. The molecule has 3 rings (SSSR count). The number of fused-ring (bicyclic) bond motifs is 1. The number of hydrogen-bond donors (Lipinski definition) is 1. The van der Waals surface area contributed by atoms with Crippen LogP contribution in [0.1, 0.15) is 22.9 Å². The highest BCUT2D eigenvalue weighted by molar-refractivity contribution is 6.42. The lowest BCUT2D eigenvalue weighted by molar-refractivity contribution is -0.513. The van der Waals surface area contributed by atoms with Crippen molar-refractivity contribution in [2.75, 3.05) is 5.32 Å². The molecule has 0 spiro atoms. The van der Waals surface area contributed by atoms with Crippen LogP contribution in [-0.2, 0) is 9.59 Å². The number of nitrogens with zero attached hydrogens (tertiary/aromatic N) is 4. The molecule has 11 nitrogen and oxygen atoms in total. The average Bonchev–Trinajstić information content (AvgIpc) is 2.69. The Kier molecular flexibility index (Phi) is 5.45. The van der Waals surface area contributed by atoms with Gasteiger partial charge in [-0.15, -0.1) is 0 Å². The van der Waals surface area contributed by atoms with Crippen molar-refractivity contribution >= 4 is 34.1 Å². The third-order valence-corrected chi connectivity index (χ3v) is 4.36. The molecule has 0 bridgehead atoms. The number of aryl methyl sites for hydroxylation is 2. The lowest BCUT2D eigenvalue weighted by Crippen LogP contribution is -2.33. The monoisotopic (exact) mass is 409 g/mol. The quantitative estimate of drug-likeness (QED) is 0.369. The molecular formula is C19H15N5O6. The van der Waals surface area contributed by atoms with Gasteiger partial charge in [0.25, 0.3) is 17.4 Å². The van der Waals surface area contributed by atoms with E-state index in [1.165, 1.54) is 12.1 Å². The summed E-state index contributed by atoms with van der Waals surface area (Å²) in [7, 11) is 0. The average molecular weight is 409 g/mol. The molecule has 0 saturated carbocycles. The lowest BCUT2D eigenvalue weighted by Gasteiger charge is -2.11. The summed E-state index contributed by atoms with van der Waals surface area (Å²) in [5, 5.41) is 24.9. The molecular weight excluding hydrogens is 394 g/mol. The molecule has 1 aromatic heterocycles. The van der Waals surface area contributed by atoms with E-state index in [9.17, 15) is 29.8 Å². The van der Waals surface area contributed by atoms with E-state index in [1.807, 2.05) is 6.07 Å². The van der Waals surface area contributed by atoms with Crippen molar-refractivity contribution < 1.29 is 19.4 Å². The number of rotatable bonds is 6. The number of amides is 1. The summed E-state index contributed by atoms with van der Waals surface area (Å²) in [4.78, 5) is 53.8. The van der Waals surface area contributed by atoms with Gasteiger partial charge in [-0.05, 0) is 37.1 Å². The van der Waals surface area contributed by atoms with Crippen LogP contribution < -0.4 is 5.32 Å². The molecule has 0 aliphatic rings. The number of ketones is 1. The van der Waals surface area contributed by atoms with Crippen molar-refractivity contribution in [3.8, 4) is 0 Å². The van der Waals surface area contributed by atoms with Gasteiger partial charge in [0.1, 0.15) is 5.69 Å². The number of carbonyl (C=O) groups is 2. The number of benzene rings is 2. The second kappa shape index (κ2) is 7.99. The van der Waals surface area contributed by atoms with Gasteiger partial charge in [0.05, 0.1) is 22.2 Å². The predicted octanol–water partition coefficient (Wildman–Crippen LogP) is 2.68. The number of hydrogen-bond acceptors (Lipinski definition) is 8. The number of aromatic nitrogens is 2. The van der Waals surface area contributed by atoms with Crippen molar-refractivity contribution in [1.82, 2.24) is 9.97 Å². The Bertz CT molecular complexity index is 1210. The van der Waals surface area contributed by atoms with Crippen LogP contribution in [-0.4, -0.2) is 31.5 Å². The topological polar surface area (TPSA) is 158 Å². The molecule has 30 heavy (non-hydrogen) atoms. The highest BCUT2D eigenvalue weighted by atomic mass is 16.6. The van der Waals surface area contributed by atoms with Crippen LogP contribution in [0.3, 0.4) is 0 Å². The third kappa shape index (κ3) is 4.09. The highest BCUT2D eigenvalue weighted by Crippen LogP contribution is 2.23. The Morgan fingerprint density at radius 3 is 2.43 bits per heavy atom. The van der Waals surface area contributed by atoms with Crippen LogP contribution in [0.2, 0.25) is 0 Å². The first-order valence-electron chi connectivity index (χ1n) is 8.64. The number of non-ortho nitro benzene ring substituents is 1. The van der Waals surface area contributed by atoms with Gasteiger partial charge in [-0.3, -0.25) is 34.8 Å². The molecule has 1 atom stereocenters. The highest BCUT2D eigenvalue weighted by Gasteiger charge is 2.38. The van der Waals surface area contributed by atoms with Gasteiger partial charge >= 0.3 is 6.04 Å². The number of nitrogens with one attached hydrogen (secondary N) is 1. The minimum Gasteiger partial charge on any atom is -0.319 e. The molecule has 1 amide bonds. The fourth-order valence-corrected chi connectivity index (χ4v) is 2.78. The molecule has 2 aromatic carbocycles. The van der Waals surface area contributed by atoms with Crippen LogP contribution in [0.5, 0.6) is 0 Å². The van der Waals surface area contributed by atoms with Crippen LogP contribution in [0.25, 0.3) is 11.0 Å². The number of nitro groups is 2. The molecule has 0 unspecified atom stereocenters. The largest absolute Gasteiger partial charge is 0.322 e. The summed E-state index contributed by atoms with van der Waals surface area (Å²) in [6.07, 6.45) is 1.00. The Morgan fingerprint density at radius 2 is 1.77 bits per heavy atom. The first-order chi connectivity index (χ1) is 14.2. The van der Waals surface area contributed by atoms with Gasteiger partial charge in [-0.2, -0.15) is 0 Å². The first-order valence-corrected chi connectivity index (χ1v) is 8.64. The molecule has 0 radical (unpaired) electrons. The summed E-state index contributed by atoms with van der Waals surface area (Å²) >= 11 is 0. The smallest absolute Gasteiger partial charge is 0.319 e. The standard InChI is InChI=1S/C19H15N5O6/c1-10-3-4-11(2)14(7-10)22-19(26)18(25)17(24(29)30)16-9-20-13-6-5-12(23(27)28)8-15(13)21-16/h3-9,17H,1-2H3,(H,22,26)/t17-/m0/s1. The Labute approximate surface area is 169 Å². The van der Waals surface area contributed by atoms with E-state index in [1.54, 1.807) is 26.0 Å². The molecule has 11 heteroatoms. The first kappa shape index (κ1) is 20.5. The van der Waals surface area contributed by atoms with Gasteiger partial charge in [0.15, 0.2) is 0 Å². The minimum absolute atomic E-state index is 0.00344. The molecule has 0 aliphatic heterocycles. The summed E-state index contributed by atoms with van der Waals surface area (Å²) in [6.45, 7) is 3.51. The molecule has 0 saturated heterocycles. The van der Waals surface area contributed by atoms with Crippen molar-refractivity contribution in [2.45, 2.75) is 19.9 Å². The number of carbonyl (C=O) groups excluding carboxylic acids is 2. The second-order valence-corrected chi connectivity index (χ2v) is 6.55. The number of Topliss-reactive ketones (excluding diaryl/α,β-unsaturated/α-hetero) is 1. The van der Waals surface area contributed by atoms with E-state index < -0.39 is 33.3 Å². The van der Waals surface area contributed by atoms with E-state index >= 15 is 0 Å². The van der Waals surface area contributed by atoms with Gasteiger partial charge in [0, 0.05) is 22.7 Å². The normalized spacial score (nSPS) is 11.7. The number of anilines is 1. The SMILES string of the molecule is Cc1ccc(C)c(NC(=O)C(=O)[C@H](c2cnc3ccc([N+](=O)[O-])cc3n2)[N+](=O)[O-])c1. The van der Waals surface area contributed by atoms with E-state index in [4.69, 9.17) is 0 Å². The van der Waals surface area contributed by atoms with E-state index in [-0.39, 0.29) is 16.7 Å². The zero-order valence-corrected chi connectivity index (χ0v) is 15.9. The molecule has 1 heterocycles. The fourth-order valence-electron chi connectivity index (χ4n) is 2.78. The second-order valence-electron chi connectivity index (χ2n) is 6.55. The van der Waals surface area contributed by atoms with E-state index in [2.05, 4.69) is 15.3 Å². The summed E-state index contributed by atoms with van der Waals surface area (Å²) in [5.41, 5.74) is 1.43. The maximum atomic E-state index is 12.6. The van der Waals surface area contributed by atoms with Gasteiger partial charge in [-0.25, -0.2) is 4.98 Å². The molecule has 1 N–H and O–H groups in total. The maximum absolute atomic E-state index is 12.6. The lowest BCUT2D eigenvalue weighted by atomic mass is 10.1. The third-order valence-electron chi connectivity index (χ3n) is 4.36. The summed E-state index contributed by atoms with van der Waals surface area (Å²) in [6, 6.07) is 6.72. The fraction of sp³-hybridized carbons (Fsp3) is 0.158. The van der Waals surface area contributed by atoms with Gasteiger partial charge < -0.3 is 5.32 Å². The molecule has 0 aliphatic carbocycles. The van der Waals surface area contributed by atoms with E-state index in [0.29, 0.717) is 11.3 Å². The van der Waals surface area contributed by atoms with Crippen molar-refractivity contribution in [2.24, 2.45) is 0 Å². The van der Waals surface area contributed by atoms with E-state index in [0.717, 1.165) is 17.8 Å². The summed E-state index contributed by atoms with van der Waals surface area (Å²) < 4.78 is 0. The molecule has 0 fully saturated rings. The van der Waals surface area contributed by atoms with Gasteiger partial charge in [-0.1, -0.05) is 12.1 Å². The van der Waals surface area contributed by atoms with Crippen molar-refractivity contribution in [3.63, 3.8) is 0 Å². The molecule has 3 aromatic rings. The predicted molar refractivity (Wildman–Crippen MR) is 105 cm³/mol. The van der Waals surface area contributed by atoms with Gasteiger partial charge in [0.2, 0.25) is 0 Å². The summed E-state index contributed by atoms with van der Waals surface area (Å²) in [5.74, 6) is -2.51. The van der Waals surface area contributed by atoms with Crippen LogP contribution >= 0.6 is 0 Å². The van der Waals surface area contributed by atoms with Crippen LogP contribution in [0, 0.1) is 34.1 Å². The minimum atomic E-state index is -2.11. The Morgan fingerprint density at radius 1 is 1.03 bits per heavy atom. The van der Waals surface area contributed by atoms with Crippen molar-refractivity contribution in [1.29, 1.82) is 0 Å². The Hall–Kier alpha value is -4.28. The zero-order chi connectivity index (χ0) is 22.0. The number of nitro benzene ring substituents is 1. The van der Waals surface area contributed by atoms with Crippen molar-refractivity contribution in [3.05, 3.63) is 79.6 Å².